The Morgan fingerprint density at radius 3 is 2.45 bits per heavy atom. The van der Waals surface area contributed by atoms with E-state index in [-0.39, 0.29) is 5.91 Å². The van der Waals surface area contributed by atoms with Gasteiger partial charge in [-0.2, -0.15) is 0 Å². The smallest absolute Gasteiger partial charge is 0.251 e. The van der Waals surface area contributed by atoms with E-state index in [1.807, 2.05) is 24.3 Å². The number of alkyl halides is 1. The van der Waals surface area contributed by atoms with Crippen LogP contribution < -0.4 is 5.32 Å². The largest absolute Gasteiger partial charge is 0.348 e. The number of hydrogen-bond donors (Lipinski definition) is 1. The molecule has 0 heterocycles. The summed E-state index contributed by atoms with van der Waals surface area (Å²) < 4.78 is 0. The van der Waals surface area contributed by atoms with Crippen LogP contribution >= 0.6 is 34.8 Å². The summed E-state index contributed by atoms with van der Waals surface area (Å²) >= 11 is 17.5. The molecule has 2 aromatic carbocycles. The molecule has 0 bridgehead atoms. The predicted molar refractivity (Wildman–Crippen MR) is 83.6 cm³/mol. The fourth-order valence-electron chi connectivity index (χ4n) is 1.74. The molecule has 0 aliphatic heterocycles. The summed E-state index contributed by atoms with van der Waals surface area (Å²) in [6, 6.07) is 12.5. The van der Waals surface area contributed by atoms with Gasteiger partial charge >= 0.3 is 0 Å². The Labute approximate surface area is 132 Å². The van der Waals surface area contributed by atoms with Crippen molar-refractivity contribution < 1.29 is 4.79 Å². The molecule has 0 spiro atoms. The van der Waals surface area contributed by atoms with Gasteiger partial charge in [0.1, 0.15) is 0 Å². The lowest BCUT2D eigenvalue weighted by molar-refractivity contribution is 0.0951. The highest BCUT2D eigenvalue weighted by atomic mass is 35.5. The minimum Gasteiger partial charge on any atom is -0.348 e. The molecule has 0 unspecified atom stereocenters. The van der Waals surface area contributed by atoms with E-state index < -0.39 is 0 Å². The molecule has 2 aromatic rings. The van der Waals surface area contributed by atoms with Gasteiger partial charge in [-0.3, -0.25) is 4.79 Å². The minimum absolute atomic E-state index is 0.195. The fraction of sp³-hybridized carbons (Fsp3) is 0.133. The van der Waals surface area contributed by atoms with Crippen LogP contribution in [-0.4, -0.2) is 5.91 Å². The molecule has 0 saturated carbocycles. The number of hydrogen-bond acceptors (Lipinski definition) is 1. The zero-order valence-electron chi connectivity index (χ0n) is 10.5. The number of nitrogens with one attached hydrogen (secondary N) is 1. The second-order valence-corrected chi connectivity index (χ2v) is 5.35. The van der Waals surface area contributed by atoms with Crippen molar-refractivity contribution in [1.82, 2.24) is 5.32 Å². The van der Waals surface area contributed by atoms with E-state index in [0.717, 1.165) is 11.1 Å². The maximum Gasteiger partial charge on any atom is 0.251 e. The van der Waals surface area contributed by atoms with Crippen molar-refractivity contribution in [2.45, 2.75) is 12.4 Å². The molecule has 0 saturated heterocycles. The van der Waals surface area contributed by atoms with Gasteiger partial charge < -0.3 is 5.32 Å². The van der Waals surface area contributed by atoms with Gasteiger partial charge in [0.25, 0.3) is 5.91 Å². The van der Waals surface area contributed by atoms with E-state index in [0.29, 0.717) is 28.0 Å². The summed E-state index contributed by atoms with van der Waals surface area (Å²) in [6.45, 7) is 0.434. The van der Waals surface area contributed by atoms with E-state index in [2.05, 4.69) is 5.32 Å². The molecular weight excluding hydrogens is 317 g/mol. The first-order valence-electron chi connectivity index (χ1n) is 5.97. The molecule has 0 aromatic heterocycles. The number of benzene rings is 2. The third kappa shape index (κ3) is 3.89. The van der Waals surface area contributed by atoms with Gasteiger partial charge in [-0.25, -0.2) is 0 Å². The lowest BCUT2D eigenvalue weighted by atomic mass is 10.1. The molecule has 0 aliphatic rings. The molecule has 2 nitrogen and oxygen atoms in total. The van der Waals surface area contributed by atoms with Gasteiger partial charge in [-0.05, 0) is 29.3 Å². The van der Waals surface area contributed by atoms with Gasteiger partial charge in [0.05, 0.1) is 10.0 Å². The molecule has 5 heteroatoms. The monoisotopic (exact) mass is 327 g/mol. The minimum atomic E-state index is -0.195. The summed E-state index contributed by atoms with van der Waals surface area (Å²) in [4.78, 5) is 12.0. The highest BCUT2D eigenvalue weighted by Gasteiger charge is 2.07. The van der Waals surface area contributed by atoms with Crippen LogP contribution in [0.25, 0.3) is 0 Å². The van der Waals surface area contributed by atoms with Crippen LogP contribution in [0.4, 0.5) is 0 Å². The first-order valence-corrected chi connectivity index (χ1v) is 7.26. The first-order chi connectivity index (χ1) is 9.60. The van der Waals surface area contributed by atoms with Gasteiger partial charge in [0, 0.05) is 18.0 Å². The van der Waals surface area contributed by atoms with Gasteiger partial charge in [-0.1, -0.05) is 47.5 Å². The molecule has 0 fully saturated rings. The first kappa shape index (κ1) is 15.2. The standard InChI is InChI=1S/C15H12Cl3NO/c16-8-10-2-1-3-11(6-10)9-19-15(20)12-4-5-13(17)14(18)7-12/h1-7H,8-9H2,(H,19,20). The molecule has 104 valence electrons. The number of carbonyl (C=O) groups is 1. The highest BCUT2D eigenvalue weighted by molar-refractivity contribution is 6.42. The van der Waals surface area contributed by atoms with Crippen molar-refractivity contribution >= 4 is 40.7 Å². The number of carbonyl (C=O) groups excluding carboxylic acids is 1. The Hall–Kier alpha value is -1.22. The van der Waals surface area contributed by atoms with Crippen LogP contribution in [0.3, 0.4) is 0 Å². The van der Waals surface area contributed by atoms with E-state index in [1.54, 1.807) is 18.2 Å². The predicted octanol–water partition coefficient (Wildman–Crippen LogP) is 4.66. The average molecular weight is 329 g/mol. The third-order valence-electron chi connectivity index (χ3n) is 2.78. The van der Waals surface area contributed by atoms with Gasteiger partial charge in [0.2, 0.25) is 0 Å². The lowest BCUT2D eigenvalue weighted by Gasteiger charge is -2.07. The summed E-state index contributed by atoms with van der Waals surface area (Å²) in [5.41, 5.74) is 2.50. The third-order valence-corrected chi connectivity index (χ3v) is 3.83. The maximum atomic E-state index is 12.0. The Bertz CT molecular complexity index is 628. The molecule has 1 amide bonds. The quantitative estimate of drug-likeness (QED) is 0.812. The van der Waals surface area contributed by atoms with Crippen LogP contribution in [0.15, 0.2) is 42.5 Å². The maximum absolute atomic E-state index is 12.0. The summed E-state index contributed by atoms with van der Waals surface area (Å²) in [6.07, 6.45) is 0. The molecule has 2 rings (SSSR count). The van der Waals surface area contributed by atoms with E-state index in [9.17, 15) is 4.79 Å². The van der Waals surface area contributed by atoms with Crippen molar-refractivity contribution in [1.29, 1.82) is 0 Å². The topological polar surface area (TPSA) is 29.1 Å². The second kappa shape index (κ2) is 6.98. The normalized spacial score (nSPS) is 10.3. The van der Waals surface area contributed by atoms with Crippen LogP contribution in [-0.2, 0) is 12.4 Å². The number of rotatable bonds is 4. The van der Waals surface area contributed by atoms with Crippen LogP contribution in [0.5, 0.6) is 0 Å². The van der Waals surface area contributed by atoms with Crippen molar-refractivity contribution in [3.63, 3.8) is 0 Å². The molecule has 0 aliphatic carbocycles. The average Bonchev–Trinajstić information content (AvgIpc) is 2.47. The Morgan fingerprint density at radius 1 is 1.00 bits per heavy atom. The van der Waals surface area contributed by atoms with Crippen molar-refractivity contribution in [2.24, 2.45) is 0 Å². The zero-order chi connectivity index (χ0) is 14.5. The number of amides is 1. The SMILES string of the molecule is O=C(NCc1cccc(CCl)c1)c1ccc(Cl)c(Cl)c1. The second-order valence-electron chi connectivity index (χ2n) is 4.27. The summed E-state index contributed by atoms with van der Waals surface area (Å²) in [7, 11) is 0. The molecule has 1 N–H and O–H groups in total. The van der Waals surface area contributed by atoms with E-state index >= 15 is 0 Å². The molecular formula is C15H12Cl3NO. The summed E-state index contributed by atoms with van der Waals surface area (Å²) in [5.74, 6) is 0.258. The van der Waals surface area contributed by atoms with Gasteiger partial charge in [0.15, 0.2) is 0 Å². The van der Waals surface area contributed by atoms with Crippen molar-refractivity contribution in [3.05, 3.63) is 69.2 Å². The highest BCUT2D eigenvalue weighted by Crippen LogP contribution is 2.22. The number of halogens is 3. The fourth-order valence-corrected chi connectivity index (χ4v) is 2.21. The van der Waals surface area contributed by atoms with Crippen molar-refractivity contribution in [2.75, 3.05) is 0 Å². The van der Waals surface area contributed by atoms with E-state index in [4.69, 9.17) is 34.8 Å². The Morgan fingerprint density at radius 2 is 1.75 bits per heavy atom. The Balaban J connectivity index is 2.02. The van der Waals surface area contributed by atoms with Gasteiger partial charge in [-0.15, -0.1) is 11.6 Å². The van der Waals surface area contributed by atoms with Crippen LogP contribution in [0.1, 0.15) is 21.5 Å². The zero-order valence-corrected chi connectivity index (χ0v) is 12.8. The van der Waals surface area contributed by atoms with Crippen molar-refractivity contribution in [3.8, 4) is 0 Å². The Kier molecular flexibility index (Phi) is 5.30. The van der Waals surface area contributed by atoms with E-state index in [1.165, 1.54) is 0 Å². The van der Waals surface area contributed by atoms with Crippen LogP contribution in [0, 0.1) is 0 Å². The lowest BCUT2D eigenvalue weighted by Crippen LogP contribution is -2.22. The summed E-state index contributed by atoms with van der Waals surface area (Å²) in [5, 5.41) is 3.62. The molecule has 0 atom stereocenters. The molecule has 20 heavy (non-hydrogen) atoms. The van der Waals surface area contributed by atoms with Crippen LogP contribution in [0.2, 0.25) is 10.0 Å². The molecule has 0 radical (unpaired) electrons.